The minimum Gasteiger partial charge on any atom is -0.496 e. The van der Waals surface area contributed by atoms with Crippen LogP contribution in [0.1, 0.15) is 54.9 Å². The van der Waals surface area contributed by atoms with Crippen molar-refractivity contribution < 1.29 is 14.3 Å². The number of nitrogens with zero attached hydrogens (tertiary/aromatic N) is 2. The second-order valence-electron chi connectivity index (χ2n) is 7.78. The van der Waals surface area contributed by atoms with Gasteiger partial charge in [0, 0.05) is 31.7 Å². The summed E-state index contributed by atoms with van der Waals surface area (Å²) in [7, 11) is 2.92. The number of guanidine groups is 1. The van der Waals surface area contributed by atoms with Gasteiger partial charge in [-0.15, -0.1) is 24.0 Å². The molecule has 1 saturated carbocycles. The average molecular weight is 530 g/mol. The van der Waals surface area contributed by atoms with Crippen LogP contribution in [0.5, 0.6) is 5.75 Å². The lowest BCUT2D eigenvalue weighted by atomic mass is 10.1. The lowest BCUT2D eigenvalue weighted by Crippen LogP contribution is -2.45. The summed E-state index contributed by atoms with van der Waals surface area (Å²) >= 11 is 0. The molecule has 1 unspecified atom stereocenters. The summed E-state index contributed by atoms with van der Waals surface area (Å²) in [6.45, 7) is 5.61. The topological polar surface area (TPSA) is 75.2 Å². The number of aliphatic imine (C=N–C) groups is 1. The first-order valence-electron chi connectivity index (χ1n) is 10.7. The fourth-order valence-corrected chi connectivity index (χ4v) is 4.31. The molecule has 1 aliphatic carbocycles. The zero-order valence-corrected chi connectivity index (χ0v) is 20.6. The average Bonchev–Trinajstić information content (AvgIpc) is 3.43. The van der Waals surface area contributed by atoms with E-state index >= 15 is 0 Å². The lowest BCUT2D eigenvalue weighted by molar-refractivity contribution is 0.0597. The van der Waals surface area contributed by atoms with Gasteiger partial charge in [-0.05, 0) is 43.9 Å². The Labute approximate surface area is 197 Å². The van der Waals surface area contributed by atoms with Crippen molar-refractivity contribution >= 4 is 35.9 Å². The highest BCUT2D eigenvalue weighted by Gasteiger charge is 2.30. The van der Waals surface area contributed by atoms with Gasteiger partial charge in [0.1, 0.15) is 11.3 Å². The number of nitrogens with one attached hydrogen (secondary N) is 2. The molecule has 0 aromatic heterocycles. The lowest BCUT2D eigenvalue weighted by Gasteiger charge is -2.24. The summed E-state index contributed by atoms with van der Waals surface area (Å²) < 4.78 is 10.1. The van der Waals surface area contributed by atoms with Crippen LogP contribution in [-0.4, -0.2) is 62.8 Å². The first-order valence-corrected chi connectivity index (χ1v) is 10.7. The molecule has 2 aliphatic rings. The van der Waals surface area contributed by atoms with Crippen LogP contribution in [0.4, 0.5) is 0 Å². The SMILES string of the molecule is CCNC(=NCc1ccc(OC)c(C(=O)OC)c1)NC1CCN(C2CCCC2)C1.I. The number of halogens is 1. The van der Waals surface area contributed by atoms with Crippen LogP contribution in [0.3, 0.4) is 0 Å². The number of rotatable bonds is 7. The monoisotopic (exact) mass is 530 g/mol. The van der Waals surface area contributed by atoms with E-state index in [2.05, 4.69) is 22.5 Å². The Balaban J connectivity index is 0.00000320. The second-order valence-corrected chi connectivity index (χ2v) is 7.78. The van der Waals surface area contributed by atoms with Gasteiger partial charge in [-0.25, -0.2) is 9.79 Å². The van der Waals surface area contributed by atoms with Crippen molar-refractivity contribution in [2.75, 3.05) is 33.9 Å². The van der Waals surface area contributed by atoms with Crippen LogP contribution >= 0.6 is 24.0 Å². The summed E-state index contributed by atoms with van der Waals surface area (Å²) in [5.74, 6) is 0.921. The van der Waals surface area contributed by atoms with Gasteiger partial charge >= 0.3 is 5.97 Å². The molecule has 2 fully saturated rings. The second kappa shape index (κ2) is 12.3. The summed E-state index contributed by atoms with van der Waals surface area (Å²) in [6, 6.07) is 6.70. The van der Waals surface area contributed by atoms with Crippen LogP contribution < -0.4 is 15.4 Å². The number of carbonyl (C=O) groups excluding carboxylic acids is 1. The first-order chi connectivity index (χ1) is 14.1. The van der Waals surface area contributed by atoms with Crippen LogP contribution in [0.25, 0.3) is 0 Å². The molecule has 0 bridgehead atoms. The smallest absolute Gasteiger partial charge is 0.341 e. The molecular weight excluding hydrogens is 495 g/mol. The Hall–Kier alpha value is -1.55. The summed E-state index contributed by atoms with van der Waals surface area (Å²) in [4.78, 5) is 19.4. The van der Waals surface area contributed by atoms with E-state index in [0.29, 0.717) is 23.9 Å². The number of methoxy groups -OCH3 is 2. The number of esters is 1. The molecule has 1 atom stereocenters. The molecule has 0 amide bonds. The van der Waals surface area contributed by atoms with Crippen LogP contribution in [-0.2, 0) is 11.3 Å². The first kappa shape index (κ1) is 24.7. The highest BCUT2D eigenvalue weighted by Crippen LogP contribution is 2.26. The van der Waals surface area contributed by atoms with Gasteiger partial charge in [0.05, 0.1) is 20.8 Å². The molecule has 8 heteroatoms. The van der Waals surface area contributed by atoms with Crippen molar-refractivity contribution in [2.24, 2.45) is 4.99 Å². The Kier molecular flexibility index (Phi) is 10.2. The maximum Gasteiger partial charge on any atom is 0.341 e. The summed E-state index contributed by atoms with van der Waals surface area (Å²) in [5.41, 5.74) is 1.35. The van der Waals surface area contributed by atoms with Crippen molar-refractivity contribution in [3.63, 3.8) is 0 Å². The molecule has 168 valence electrons. The predicted octanol–water partition coefficient (Wildman–Crippen LogP) is 3.17. The largest absolute Gasteiger partial charge is 0.496 e. The maximum atomic E-state index is 12.0. The van der Waals surface area contributed by atoms with Gasteiger partial charge < -0.3 is 20.1 Å². The fourth-order valence-electron chi connectivity index (χ4n) is 4.31. The number of hydrogen-bond acceptors (Lipinski definition) is 5. The van der Waals surface area contributed by atoms with Gasteiger partial charge in [0.2, 0.25) is 0 Å². The molecule has 1 aliphatic heterocycles. The van der Waals surface area contributed by atoms with E-state index < -0.39 is 5.97 Å². The zero-order valence-electron chi connectivity index (χ0n) is 18.3. The van der Waals surface area contributed by atoms with Crippen LogP contribution in [0, 0.1) is 0 Å². The molecule has 0 spiro atoms. The van der Waals surface area contributed by atoms with Gasteiger partial charge in [0.25, 0.3) is 0 Å². The third kappa shape index (κ3) is 6.47. The van der Waals surface area contributed by atoms with Gasteiger partial charge in [-0.2, -0.15) is 0 Å². The third-order valence-corrected chi connectivity index (χ3v) is 5.83. The molecule has 1 saturated heterocycles. The molecule has 1 aromatic rings. The normalized spacial score (nSPS) is 20.0. The van der Waals surface area contributed by atoms with E-state index in [1.54, 1.807) is 19.2 Å². The zero-order chi connectivity index (χ0) is 20.6. The maximum absolute atomic E-state index is 12.0. The van der Waals surface area contributed by atoms with E-state index in [9.17, 15) is 4.79 Å². The number of benzene rings is 1. The Morgan fingerprint density at radius 2 is 2.00 bits per heavy atom. The summed E-state index contributed by atoms with van der Waals surface area (Å²) in [6.07, 6.45) is 6.59. The van der Waals surface area contributed by atoms with Crippen LogP contribution in [0.2, 0.25) is 0 Å². The molecule has 7 nitrogen and oxygen atoms in total. The number of likely N-dealkylation sites (tertiary alicyclic amines) is 1. The van der Waals surface area contributed by atoms with E-state index in [1.165, 1.54) is 39.3 Å². The summed E-state index contributed by atoms with van der Waals surface area (Å²) in [5, 5.41) is 6.93. The molecule has 3 rings (SSSR count). The number of carbonyl (C=O) groups is 1. The minimum atomic E-state index is -0.407. The highest BCUT2D eigenvalue weighted by molar-refractivity contribution is 14.0. The Morgan fingerprint density at radius 1 is 1.23 bits per heavy atom. The van der Waals surface area contributed by atoms with Gasteiger partial charge in [-0.1, -0.05) is 18.9 Å². The van der Waals surface area contributed by atoms with E-state index in [0.717, 1.165) is 37.1 Å². The fraction of sp³-hybridized carbons (Fsp3) is 0.636. The van der Waals surface area contributed by atoms with Crippen molar-refractivity contribution in [3.05, 3.63) is 29.3 Å². The van der Waals surface area contributed by atoms with Gasteiger partial charge in [0.15, 0.2) is 5.96 Å². The van der Waals surface area contributed by atoms with Gasteiger partial charge in [-0.3, -0.25) is 4.90 Å². The van der Waals surface area contributed by atoms with E-state index in [-0.39, 0.29) is 24.0 Å². The highest BCUT2D eigenvalue weighted by atomic mass is 127. The van der Waals surface area contributed by atoms with Crippen LogP contribution in [0.15, 0.2) is 23.2 Å². The van der Waals surface area contributed by atoms with Crippen molar-refractivity contribution in [3.8, 4) is 5.75 Å². The van der Waals surface area contributed by atoms with Crippen molar-refractivity contribution in [2.45, 2.75) is 57.7 Å². The molecule has 30 heavy (non-hydrogen) atoms. The predicted molar refractivity (Wildman–Crippen MR) is 130 cm³/mol. The van der Waals surface area contributed by atoms with Crippen molar-refractivity contribution in [1.29, 1.82) is 0 Å². The molecule has 1 aromatic carbocycles. The number of hydrogen-bond donors (Lipinski definition) is 2. The van der Waals surface area contributed by atoms with Crippen molar-refractivity contribution in [1.82, 2.24) is 15.5 Å². The number of ether oxygens (including phenoxy) is 2. The molecule has 1 heterocycles. The standard InChI is InChI=1S/C22H34N4O3.HI/c1-4-23-22(25-17-11-12-26(15-17)18-7-5-6-8-18)24-14-16-9-10-20(28-2)19(13-16)21(27)29-3;/h9-10,13,17-18H,4-8,11-12,14-15H2,1-3H3,(H2,23,24,25);1H. The molecular formula is C22H35IN4O3. The van der Waals surface area contributed by atoms with E-state index in [4.69, 9.17) is 14.5 Å². The molecule has 2 N–H and O–H groups in total. The minimum absolute atomic E-state index is 0. The third-order valence-electron chi connectivity index (χ3n) is 5.83. The molecule has 0 radical (unpaired) electrons. The Bertz CT molecular complexity index is 722. The van der Waals surface area contributed by atoms with E-state index in [1.807, 2.05) is 6.07 Å². The quantitative estimate of drug-likeness (QED) is 0.244. The Morgan fingerprint density at radius 3 is 2.67 bits per heavy atom.